The number of nitrogens with zero attached hydrogens (tertiary/aromatic N) is 1. The number of hydrogen-bond donors (Lipinski definition) is 1. The van der Waals surface area contributed by atoms with Crippen LogP contribution in [0.2, 0.25) is 0 Å². The predicted octanol–water partition coefficient (Wildman–Crippen LogP) is 0.433. The molecule has 0 aliphatic rings. The summed E-state index contributed by atoms with van der Waals surface area (Å²) >= 11 is 0. The Labute approximate surface area is 57.3 Å². The van der Waals surface area contributed by atoms with E-state index >= 15 is 0 Å². The van der Waals surface area contributed by atoms with E-state index < -0.39 is 19.3 Å². The zero-order valence-electron chi connectivity index (χ0n) is 5.50. The zero-order chi connectivity index (χ0) is 7.98. The average molecular weight is 149 g/mol. The van der Waals surface area contributed by atoms with Crippen LogP contribution in [-0.2, 0) is 9.63 Å². The van der Waals surface area contributed by atoms with Crippen LogP contribution >= 0.6 is 0 Å². The van der Waals surface area contributed by atoms with Crippen LogP contribution in [0.5, 0.6) is 0 Å². The number of carboxylic acid groups (broad SMARTS) is 1. The van der Waals surface area contributed by atoms with E-state index in [-0.39, 0.29) is 5.71 Å². The Kier molecular flexibility index (Phi) is 4.19. The number of carbonyl (C=O) groups is 1. The third kappa shape index (κ3) is 5.02. The summed E-state index contributed by atoms with van der Waals surface area (Å²) in [5, 5.41) is 11.2. The highest BCUT2D eigenvalue weighted by Gasteiger charge is 1.94. The molecule has 5 heteroatoms. The number of oxime groups is 1. The van der Waals surface area contributed by atoms with Gasteiger partial charge in [-0.1, -0.05) is 5.16 Å². The molecule has 0 bridgehead atoms. The second-order valence-electron chi connectivity index (χ2n) is 1.63. The fourth-order valence-corrected chi connectivity index (χ4v) is 0.222. The molecule has 0 aromatic carbocycles. The lowest BCUT2D eigenvalue weighted by Crippen LogP contribution is -2.05. The van der Waals surface area contributed by atoms with Crippen LogP contribution in [0.3, 0.4) is 0 Å². The fourth-order valence-electron chi connectivity index (χ4n) is 0.222. The van der Waals surface area contributed by atoms with Gasteiger partial charge in [0, 0.05) is 0 Å². The van der Waals surface area contributed by atoms with Crippen LogP contribution in [0.4, 0.5) is 4.39 Å². The van der Waals surface area contributed by atoms with Gasteiger partial charge >= 0.3 is 5.97 Å². The standard InChI is InChI=1S/C5H8FNO3/c1-4(2-6)7-10-3-5(8)9/h2-3H2,1H3,(H,8,9). The van der Waals surface area contributed by atoms with Gasteiger partial charge in [0.1, 0.15) is 6.67 Å². The van der Waals surface area contributed by atoms with Crippen molar-refractivity contribution in [3.05, 3.63) is 0 Å². The first kappa shape index (κ1) is 8.87. The summed E-state index contributed by atoms with van der Waals surface area (Å²) in [7, 11) is 0. The molecule has 0 aromatic rings. The molecule has 0 aromatic heterocycles. The maximum absolute atomic E-state index is 11.6. The SMILES string of the molecule is CC(CF)=NOCC(=O)O. The van der Waals surface area contributed by atoms with Crippen molar-refractivity contribution in [2.75, 3.05) is 13.3 Å². The van der Waals surface area contributed by atoms with E-state index in [1.165, 1.54) is 6.92 Å². The van der Waals surface area contributed by atoms with Crippen LogP contribution in [0, 0.1) is 0 Å². The van der Waals surface area contributed by atoms with E-state index in [9.17, 15) is 9.18 Å². The van der Waals surface area contributed by atoms with Gasteiger partial charge in [-0.2, -0.15) is 0 Å². The van der Waals surface area contributed by atoms with Gasteiger partial charge in [0.25, 0.3) is 0 Å². The smallest absolute Gasteiger partial charge is 0.344 e. The highest BCUT2D eigenvalue weighted by molar-refractivity contribution is 5.82. The Morgan fingerprint density at radius 2 is 2.40 bits per heavy atom. The largest absolute Gasteiger partial charge is 0.479 e. The first-order chi connectivity index (χ1) is 4.66. The lowest BCUT2D eigenvalue weighted by Gasteiger charge is -1.93. The Hall–Kier alpha value is -1.13. The van der Waals surface area contributed by atoms with Crippen LogP contribution < -0.4 is 0 Å². The molecular formula is C5H8FNO3. The van der Waals surface area contributed by atoms with Gasteiger partial charge < -0.3 is 9.94 Å². The quantitative estimate of drug-likeness (QED) is 0.465. The molecule has 10 heavy (non-hydrogen) atoms. The van der Waals surface area contributed by atoms with Crippen LogP contribution in [-0.4, -0.2) is 30.1 Å². The molecule has 0 heterocycles. The zero-order valence-corrected chi connectivity index (χ0v) is 5.50. The van der Waals surface area contributed by atoms with Crippen molar-refractivity contribution >= 4 is 11.7 Å². The maximum Gasteiger partial charge on any atom is 0.344 e. The van der Waals surface area contributed by atoms with Crippen molar-refractivity contribution in [3.63, 3.8) is 0 Å². The molecule has 0 saturated carbocycles. The minimum atomic E-state index is -1.13. The molecular weight excluding hydrogens is 141 g/mol. The topological polar surface area (TPSA) is 58.9 Å². The monoisotopic (exact) mass is 149 g/mol. The first-order valence-corrected chi connectivity index (χ1v) is 2.60. The molecule has 0 rings (SSSR count). The van der Waals surface area contributed by atoms with Gasteiger partial charge in [-0.25, -0.2) is 9.18 Å². The van der Waals surface area contributed by atoms with Crippen molar-refractivity contribution in [3.8, 4) is 0 Å². The minimum absolute atomic E-state index is 0.126. The summed E-state index contributed by atoms with van der Waals surface area (Å²) in [5.41, 5.74) is 0.126. The molecule has 0 amide bonds. The minimum Gasteiger partial charge on any atom is -0.479 e. The molecule has 0 unspecified atom stereocenters. The van der Waals surface area contributed by atoms with E-state index in [0.717, 1.165) is 0 Å². The number of aliphatic carboxylic acids is 1. The van der Waals surface area contributed by atoms with Crippen molar-refractivity contribution in [2.24, 2.45) is 5.16 Å². The van der Waals surface area contributed by atoms with Gasteiger partial charge in [0.2, 0.25) is 6.61 Å². The second-order valence-corrected chi connectivity index (χ2v) is 1.63. The normalized spacial score (nSPS) is 11.2. The van der Waals surface area contributed by atoms with E-state index in [1.807, 2.05) is 0 Å². The summed E-state index contributed by atoms with van der Waals surface area (Å²) in [6.45, 7) is 0.152. The maximum atomic E-state index is 11.6. The van der Waals surface area contributed by atoms with Crippen LogP contribution in [0.15, 0.2) is 5.16 Å². The van der Waals surface area contributed by atoms with Crippen molar-refractivity contribution in [2.45, 2.75) is 6.92 Å². The molecule has 0 atom stereocenters. The molecule has 0 saturated heterocycles. The highest BCUT2D eigenvalue weighted by atomic mass is 19.1. The van der Waals surface area contributed by atoms with Gasteiger partial charge in [-0.3, -0.25) is 0 Å². The molecule has 0 spiro atoms. The van der Waals surface area contributed by atoms with Crippen molar-refractivity contribution in [1.82, 2.24) is 0 Å². The van der Waals surface area contributed by atoms with Gasteiger partial charge in [-0.15, -0.1) is 0 Å². The van der Waals surface area contributed by atoms with Gasteiger partial charge in [0.05, 0.1) is 5.71 Å². The van der Waals surface area contributed by atoms with E-state index in [2.05, 4.69) is 9.99 Å². The first-order valence-electron chi connectivity index (χ1n) is 2.60. The van der Waals surface area contributed by atoms with Crippen LogP contribution in [0.25, 0.3) is 0 Å². The summed E-state index contributed by atoms with van der Waals surface area (Å²) in [6, 6.07) is 0. The summed E-state index contributed by atoms with van der Waals surface area (Å²) in [6.07, 6.45) is 0. The number of hydrogen-bond acceptors (Lipinski definition) is 3. The molecule has 4 nitrogen and oxygen atoms in total. The van der Waals surface area contributed by atoms with Crippen molar-refractivity contribution < 1.29 is 19.1 Å². The summed E-state index contributed by atoms with van der Waals surface area (Å²) in [4.78, 5) is 14.0. The molecule has 58 valence electrons. The molecule has 0 radical (unpaired) electrons. The van der Waals surface area contributed by atoms with Crippen molar-refractivity contribution in [1.29, 1.82) is 0 Å². The lowest BCUT2D eigenvalue weighted by atomic mass is 10.5. The number of rotatable bonds is 4. The Bertz CT molecular complexity index is 146. The Balaban J connectivity index is 3.43. The third-order valence-electron chi connectivity index (χ3n) is 0.602. The molecule has 1 N–H and O–H groups in total. The number of alkyl halides is 1. The molecule has 0 aliphatic carbocycles. The molecule has 0 fully saturated rings. The lowest BCUT2D eigenvalue weighted by molar-refractivity contribution is -0.142. The molecule has 0 aliphatic heterocycles. The van der Waals surface area contributed by atoms with E-state index in [4.69, 9.17) is 5.11 Å². The Morgan fingerprint density at radius 1 is 1.80 bits per heavy atom. The highest BCUT2D eigenvalue weighted by Crippen LogP contribution is 1.81. The van der Waals surface area contributed by atoms with E-state index in [0.29, 0.717) is 0 Å². The third-order valence-corrected chi connectivity index (χ3v) is 0.602. The summed E-state index contributed by atoms with van der Waals surface area (Å²) < 4.78 is 11.6. The van der Waals surface area contributed by atoms with Gasteiger partial charge in [0.15, 0.2) is 0 Å². The number of carboxylic acids is 1. The number of halogens is 1. The van der Waals surface area contributed by atoms with Gasteiger partial charge in [-0.05, 0) is 6.92 Å². The Morgan fingerprint density at radius 3 is 2.80 bits per heavy atom. The predicted molar refractivity (Wildman–Crippen MR) is 32.7 cm³/mol. The second kappa shape index (κ2) is 4.72. The van der Waals surface area contributed by atoms with Crippen LogP contribution in [0.1, 0.15) is 6.92 Å². The summed E-state index contributed by atoms with van der Waals surface area (Å²) in [5.74, 6) is -1.13. The fraction of sp³-hybridized carbons (Fsp3) is 0.600. The average Bonchev–Trinajstić information content (AvgIpc) is 1.87. The van der Waals surface area contributed by atoms with E-state index in [1.54, 1.807) is 0 Å².